The Morgan fingerprint density at radius 2 is 0.944 bits per heavy atom. The number of aliphatic imine (C=N–C) groups is 2. The molecule has 0 amide bonds. The molecule has 2 aliphatic rings. The van der Waals surface area contributed by atoms with Crippen LogP contribution in [0.1, 0.15) is 108 Å². The Morgan fingerprint density at radius 3 is 1.31 bits per heavy atom. The molecule has 0 radical (unpaired) electrons. The molecule has 10 aromatic rings. The highest BCUT2D eigenvalue weighted by atomic mass is 31.2. The Balaban J connectivity index is 0.000000249. The normalized spacial score (nSPS) is 17.6. The summed E-state index contributed by atoms with van der Waals surface area (Å²) >= 11 is 0. The van der Waals surface area contributed by atoms with E-state index in [9.17, 15) is 20.0 Å². The van der Waals surface area contributed by atoms with Crippen molar-refractivity contribution in [2.75, 3.05) is 76.5 Å². The first kappa shape index (κ1) is 80.8. The van der Waals surface area contributed by atoms with Gasteiger partial charge in [-0.1, -0.05) is 124 Å². The second kappa shape index (κ2) is 36.8. The van der Waals surface area contributed by atoms with Gasteiger partial charge in [0.15, 0.2) is 23.8 Å². The third kappa shape index (κ3) is 18.3. The van der Waals surface area contributed by atoms with E-state index in [2.05, 4.69) is 78.6 Å². The molecule has 6 aromatic carbocycles. The van der Waals surface area contributed by atoms with Crippen LogP contribution in [0.3, 0.4) is 0 Å². The zero-order chi connectivity index (χ0) is 74.4. The minimum atomic E-state index is -1.67. The van der Waals surface area contributed by atoms with Crippen LogP contribution in [0, 0.1) is 11.3 Å². The van der Waals surface area contributed by atoms with E-state index in [1.165, 1.54) is 17.1 Å². The highest BCUT2D eigenvalue weighted by Crippen LogP contribution is 2.51. The second-order valence-corrected chi connectivity index (χ2v) is 27.4. The first-order valence-electron chi connectivity index (χ1n) is 34.4. The molecule has 7 atom stereocenters. The van der Waals surface area contributed by atoms with Gasteiger partial charge in [-0.15, -0.1) is 0 Å². The number of nitrogens with zero attached hydrogens (tertiary/aromatic N) is 12. The van der Waals surface area contributed by atoms with Crippen molar-refractivity contribution in [1.29, 1.82) is 5.26 Å². The zero-order valence-corrected chi connectivity index (χ0v) is 61.7. The number of methoxy groups -OCH3 is 4. The number of nitriles is 1. The van der Waals surface area contributed by atoms with Gasteiger partial charge in [-0.3, -0.25) is 19.6 Å². The molecule has 6 heterocycles. The van der Waals surface area contributed by atoms with Crippen LogP contribution in [0.4, 0.5) is 11.9 Å². The largest absolute Gasteiger partial charge is 0.497 e. The molecule has 0 aliphatic carbocycles. The van der Waals surface area contributed by atoms with Gasteiger partial charge in [0, 0.05) is 53.1 Å². The van der Waals surface area contributed by atoms with Gasteiger partial charge in [-0.25, -0.2) is 24.0 Å². The second-order valence-electron chi connectivity index (χ2n) is 26.0. The molecule has 0 spiro atoms. The summed E-state index contributed by atoms with van der Waals surface area (Å²) in [5, 5.41) is 30.2. The number of aliphatic hydroxyl groups is 1. The summed E-state index contributed by atoms with van der Waals surface area (Å²) in [7, 11) is 12.1. The van der Waals surface area contributed by atoms with Gasteiger partial charge in [-0.2, -0.15) is 25.4 Å². The molecule has 4 aromatic heterocycles. The molecule has 107 heavy (non-hydrogen) atoms. The monoisotopic (exact) mass is 1480 g/mol. The lowest BCUT2D eigenvalue weighted by molar-refractivity contribution is -0.0949. The van der Waals surface area contributed by atoms with E-state index in [0.717, 1.165) is 33.4 Å². The van der Waals surface area contributed by atoms with Crippen LogP contribution >= 0.6 is 8.53 Å². The number of aromatic nitrogens is 8. The maximum absolute atomic E-state index is 13.2. The van der Waals surface area contributed by atoms with Crippen molar-refractivity contribution in [3.8, 4) is 29.1 Å². The fourth-order valence-electron chi connectivity index (χ4n) is 12.8. The molecule has 566 valence electrons. The molecule has 2 aliphatic heterocycles. The molecule has 0 saturated carbocycles. The molecule has 0 bridgehead atoms. The summed E-state index contributed by atoms with van der Waals surface area (Å²) in [6, 6.07) is 53.4. The van der Waals surface area contributed by atoms with Gasteiger partial charge < -0.3 is 61.8 Å². The number of benzene rings is 6. The smallest absolute Gasteiger partial charge is 0.263 e. The van der Waals surface area contributed by atoms with Gasteiger partial charge in [0.2, 0.25) is 11.9 Å². The Morgan fingerprint density at radius 1 is 0.579 bits per heavy atom. The lowest BCUT2D eigenvalue weighted by Gasteiger charge is -2.39. The molecular weight excluding hydrogens is 1380 g/mol. The molecular formula is C79H97N14O13P. The number of fused-ring (bicyclic) bond motifs is 2. The molecule has 12 rings (SSSR count). The summed E-state index contributed by atoms with van der Waals surface area (Å²) in [5.41, 5.74) is 2.91. The Hall–Kier alpha value is -10.2. The summed E-state index contributed by atoms with van der Waals surface area (Å²) in [5.74, 6) is 3.12. The van der Waals surface area contributed by atoms with Crippen LogP contribution in [-0.2, 0) is 39.2 Å². The Kier molecular flexibility index (Phi) is 27.8. The lowest BCUT2D eigenvalue weighted by atomic mass is 9.80. The fourth-order valence-corrected chi connectivity index (χ4v) is 14.6. The highest BCUT2D eigenvalue weighted by Gasteiger charge is 2.47. The molecule has 2 saturated heterocycles. The van der Waals surface area contributed by atoms with E-state index in [0.29, 0.717) is 51.5 Å². The quantitative estimate of drug-likeness (QED) is 0.0124. The van der Waals surface area contributed by atoms with E-state index >= 15 is 0 Å². The average molecular weight is 1480 g/mol. The van der Waals surface area contributed by atoms with Crippen LogP contribution in [0.2, 0.25) is 0 Å². The first-order chi connectivity index (χ1) is 50.8. The number of H-pyrrole nitrogens is 2. The topological polar surface area (TPSA) is 298 Å². The number of aromatic amines is 2. The van der Waals surface area contributed by atoms with E-state index in [1.807, 2.05) is 186 Å². The van der Waals surface area contributed by atoms with Crippen molar-refractivity contribution in [2.45, 2.75) is 122 Å². The van der Waals surface area contributed by atoms with Gasteiger partial charge >= 0.3 is 0 Å². The van der Waals surface area contributed by atoms with E-state index in [4.69, 9.17) is 46.9 Å². The number of rotatable bonds is 30. The first-order valence-corrected chi connectivity index (χ1v) is 35.5. The minimum Gasteiger partial charge on any atom is -0.497 e. The molecule has 3 N–H and O–H groups in total. The van der Waals surface area contributed by atoms with Crippen LogP contribution in [0.25, 0.3) is 22.1 Å². The predicted octanol–water partition coefficient (Wildman–Crippen LogP) is 12.6. The van der Waals surface area contributed by atoms with Gasteiger partial charge in [-0.05, 0) is 110 Å². The van der Waals surface area contributed by atoms with Crippen molar-refractivity contribution in [3.63, 3.8) is 0 Å². The number of hydrogen-bond acceptors (Lipinski definition) is 21. The molecule has 7 unspecified atom stereocenters. The fraction of sp³-hybridized carbons (Fsp3) is 0.380. The third-order valence-electron chi connectivity index (χ3n) is 17.8. The number of ether oxygens (including phenoxy) is 8. The van der Waals surface area contributed by atoms with Gasteiger partial charge in [0.1, 0.15) is 57.2 Å². The van der Waals surface area contributed by atoms with Crippen LogP contribution in [-0.4, -0.2) is 185 Å². The maximum atomic E-state index is 13.2. The van der Waals surface area contributed by atoms with E-state index in [1.54, 1.807) is 55.6 Å². The Bertz CT molecular complexity index is 4580. The number of hydrogen-bond donors (Lipinski definition) is 3. The molecule has 28 heteroatoms. The highest BCUT2D eigenvalue weighted by molar-refractivity contribution is 7.44. The van der Waals surface area contributed by atoms with Crippen molar-refractivity contribution in [1.82, 2.24) is 54.0 Å². The van der Waals surface area contributed by atoms with Crippen LogP contribution in [0.15, 0.2) is 190 Å². The van der Waals surface area contributed by atoms with Crippen molar-refractivity contribution in [3.05, 3.63) is 224 Å². The standard InChI is InChI=1S/C43H53N8O7P.C34H36N6O6.2CH4/c1-29(2)51(30(3)4)59(56-24-12-23-44)58-37-25-39(50-40-36(26-46-50)41(52)48-42(47-40)45-28-49(5)6)57-38(37)27-55-43(31-13-10-9-11-14-31,32-15-19-34(53-7)20-16-32)33-17-21-35(54-8)22-18-33;1-39(2)21-35-33-37-31-27(32(42)38-33)19-36-40(31)30-18-28(41)29(46-30)20-45-34(22-8-6-5-7-9-22,23-10-14-25(43-3)15-11-23)24-12-16-26(44-4)17-13-24;;/h9-11,13-22,26,28-30,37-39H,12,24-25,27H2,1-8H3,(H,47,48,52);5-17,19,21,28-30,41H,18,20H2,1-4H3,(H,37,38,42);2*1H4. The van der Waals surface area contributed by atoms with Crippen LogP contribution in [0.5, 0.6) is 23.0 Å². The van der Waals surface area contributed by atoms with E-state index < -0.39 is 56.6 Å². The SMILES string of the molecule is C.C.COc1ccc(C(OCC2OC(n3ncc4c(=O)[nH]c(N=CN(C)C)nc43)CC2O)(c2ccccc2)c2ccc(OC)cc2)cc1.COc1ccc(C(OCC2OC(n3ncc4c(=O)[nH]c(N=CN(C)C)nc43)CC2OP(OCCC#N)N(C(C)C)C(C)C)(c2ccccc2)c2ccc(OC)cc2)cc1. The van der Waals surface area contributed by atoms with Crippen molar-refractivity contribution in [2.24, 2.45) is 9.98 Å². The summed E-state index contributed by atoms with van der Waals surface area (Å²) in [6.45, 7) is 8.67. The predicted molar refractivity (Wildman–Crippen MR) is 413 cm³/mol. The van der Waals surface area contributed by atoms with Crippen molar-refractivity contribution < 1.29 is 52.0 Å². The summed E-state index contributed by atoms with van der Waals surface area (Å²) < 4.78 is 68.2. The van der Waals surface area contributed by atoms with Crippen molar-refractivity contribution >= 4 is 55.2 Å². The number of nitrogens with one attached hydrogen (secondary N) is 2. The van der Waals surface area contributed by atoms with Gasteiger partial charge in [0.25, 0.3) is 19.6 Å². The average Bonchev–Trinajstić information content (AvgIpc) is 0.814. The van der Waals surface area contributed by atoms with Crippen LogP contribution < -0.4 is 30.1 Å². The van der Waals surface area contributed by atoms with E-state index in [-0.39, 0.29) is 82.6 Å². The lowest BCUT2D eigenvalue weighted by Crippen LogP contribution is -2.39. The summed E-state index contributed by atoms with van der Waals surface area (Å²) in [4.78, 5) is 52.5. The minimum absolute atomic E-state index is 0. The Labute approximate surface area is 625 Å². The van der Waals surface area contributed by atoms with Gasteiger partial charge in [0.05, 0.1) is 98.0 Å². The third-order valence-corrected chi connectivity index (χ3v) is 20.0. The zero-order valence-electron chi connectivity index (χ0n) is 60.8. The summed E-state index contributed by atoms with van der Waals surface area (Å²) in [6.07, 6.45) is 2.54. The molecule has 27 nitrogen and oxygen atoms in total. The molecule has 2 fully saturated rings. The number of aliphatic hydroxyl groups excluding tert-OH is 1. The maximum Gasteiger partial charge on any atom is 0.263 e.